The number of nitrogens with zero attached hydrogens (tertiary/aromatic N) is 2. The van der Waals surface area contributed by atoms with Crippen LogP contribution in [-0.4, -0.2) is 43.4 Å². The smallest absolute Gasteiger partial charge is 0.218 e. The molecule has 1 heterocycles. The Morgan fingerprint density at radius 1 is 1.35 bits per heavy atom. The third-order valence-corrected chi connectivity index (χ3v) is 2.01. The highest BCUT2D eigenvalue weighted by atomic mass is 16.5. The lowest BCUT2D eigenvalue weighted by atomic mass is 10.4. The van der Waals surface area contributed by atoms with E-state index in [0.717, 1.165) is 25.4 Å². The minimum absolute atomic E-state index is 0.458. The molecule has 0 bridgehead atoms. The first-order valence-electron chi connectivity index (χ1n) is 5.67. The lowest BCUT2D eigenvalue weighted by molar-refractivity contribution is 0.197. The van der Waals surface area contributed by atoms with Gasteiger partial charge in [0.05, 0.1) is 0 Å². The summed E-state index contributed by atoms with van der Waals surface area (Å²) in [7, 11) is 1.69. The minimum Gasteiger partial charge on any atom is -0.476 e. The predicted molar refractivity (Wildman–Crippen MR) is 66.3 cm³/mol. The zero-order valence-corrected chi connectivity index (χ0v) is 10.4. The quantitative estimate of drug-likeness (QED) is 0.646. The molecule has 0 fully saturated rings. The van der Waals surface area contributed by atoms with E-state index in [1.54, 1.807) is 13.2 Å². The van der Waals surface area contributed by atoms with E-state index >= 15 is 0 Å². The second-order valence-electron chi connectivity index (χ2n) is 3.55. The van der Waals surface area contributed by atoms with E-state index in [4.69, 9.17) is 15.2 Å². The van der Waals surface area contributed by atoms with Crippen LogP contribution in [0.1, 0.15) is 12.2 Å². The van der Waals surface area contributed by atoms with Crippen LogP contribution < -0.4 is 15.8 Å². The van der Waals surface area contributed by atoms with E-state index in [-0.39, 0.29) is 0 Å². The molecule has 1 rings (SSSR count). The maximum Gasteiger partial charge on any atom is 0.218 e. The number of anilines is 1. The molecular weight excluding hydrogens is 220 g/mol. The molecule has 1 aromatic heterocycles. The van der Waals surface area contributed by atoms with Crippen molar-refractivity contribution in [2.75, 3.05) is 38.7 Å². The van der Waals surface area contributed by atoms with E-state index in [2.05, 4.69) is 15.3 Å². The topological polar surface area (TPSA) is 82.3 Å². The van der Waals surface area contributed by atoms with Gasteiger partial charge >= 0.3 is 0 Å². The van der Waals surface area contributed by atoms with Gasteiger partial charge in [-0.3, -0.25) is 0 Å². The Hall–Kier alpha value is -1.40. The molecule has 0 saturated carbocycles. The first kappa shape index (κ1) is 13.7. The summed E-state index contributed by atoms with van der Waals surface area (Å²) in [5, 5.41) is 3.19. The summed E-state index contributed by atoms with van der Waals surface area (Å²) in [5.41, 5.74) is 5.37. The third-order valence-electron chi connectivity index (χ3n) is 2.01. The van der Waals surface area contributed by atoms with Crippen molar-refractivity contribution in [2.45, 2.75) is 13.3 Å². The van der Waals surface area contributed by atoms with Gasteiger partial charge in [-0.05, 0) is 13.3 Å². The first-order valence-corrected chi connectivity index (χ1v) is 5.67. The van der Waals surface area contributed by atoms with Crippen molar-refractivity contribution in [2.24, 2.45) is 5.73 Å². The molecule has 0 radical (unpaired) electrons. The second kappa shape index (κ2) is 7.81. The Bertz CT molecular complexity index is 333. The Labute approximate surface area is 102 Å². The van der Waals surface area contributed by atoms with Crippen LogP contribution in [0.25, 0.3) is 0 Å². The fraction of sp³-hybridized carbons (Fsp3) is 0.636. The van der Waals surface area contributed by atoms with Gasteiger partial charge in [-0.1, -0.05) is 0 Å². The zero-order chi connectivity index (χ0) is 12.5. The summed E-state index contributed by atoms with van der Waals surface area (Å²) >= 11 is 0. The largest absolute Gasteiger partial charge is 0.476 e. The Balaban J connectivity index is 2.50. The molecule has 0 amide bonds. The highest BCUT2D eigenvalue weighted by Gasteiger charge is 2.02. The van der Waals surface area contributed by atoms with Gasteiger partial charge in [-0.15, -0.1) is 0 Å². The van der Waals surface area contributed by atoms with Gasteiger partial charge in [-0.25, -0.2) is 4.98 Å². The number of nitrogens with two attached hydrogens (primary N) is 1. The number of methoxy groups -OCH3 is 1. The van der Waals surface area contributed by atoms with Crippen LogP contribution in [-0.2, 0) is 4.74 Å². The average molecular weight is 240 g/mol. The van der Waals surface area contributed by atoms with Crippen molar-refractivity contribution < 1.29 is 9.47 Å². The fourth-order valence-electron chi connectivity index (χ4n) is 1.30. The molecule has 0 aliphatic heterocycles. The number of rotatable bonds is 8. The monoisotopic (exact) mass is 240 g/mol. The highest BCUT2D eigenvalue weighted by molar-refractivity contribution is 5.38. The van der Waals surface area contributed by atoms with Gasteiger partial charge in [-0.2, -0.15) is 4.98 Å². The number of ether oxygens (including phenoxy) is 2. The summed E-state index contributed by atoms with van der Waals surface area (Å²) in [4.78, 5) is 8.43. The molecule has 0 aliphatic rings. The van der Waals surface area contributed by atoms with E-state index in [0.29, 0.717) is 24.9 Å². The van der Waals surface area contributed by atoms with Crippen LogP contribution in [0.5, 0.6) is 5.88 Å². The second-order valence-corrected chi connectivity index (χ2v) is 3.55. The molecule has 0 saturated heterocycles. The first-order chi connectivity index (χ1) is 8.26. The lowest BCUT2D eigenvalue weighted by Gasteiger charge is -2.08. The Morgan fingerprint density at radius 2 is 2.18 bits per heavy atom. The molecule has 1 aromatic rings. The Kier molecular flexibility index (Phi) is 6.27. The number of hydrogen-bond acceptors (Lipinski definition) is 6. The molecule has 3 N–H and O–H groups in total. The van der Waals surface area contributed by atoms with Crippen LogP contribution >= 0.6 is 0 Å². The molecule has 0 aliphatic carbocycles. The van der Waals surface area contributed by atoms with Crippen LogP contribution in [0.2, 0.25) is 0 Å². The van der Waals surface area contributed by atoms with Crippen molar-refractivity contribution in [1.82, 2.24) is 9.97 Å². The van der Waals surface area contributed by atoms with E-state index in [9.17, 15) is 0 Å². The molecule has 0 aromatic carbocycles. The summed E-state index contributed by atoms with van der Waals surface area (Å²) in [6.45, 7) is 4.29. The van der Waals surface area contributed by atoms with Gasteiger partial charge in [0, 0.05) is 32.9 Å². The van der Waals surface area contributed by atoms with Gasteiger partial charge in [0.25, 0.3) is 0 Å². The summed E-state index contributed by atoms with van der Waals surface area (Å²) in [6, 6.07) is 1.77. The van der Waals surface area contributed by atoms with Crippen LogP contribution in [0.4, 0.5) is 5.82 Å². The molecule has 6 nitrogen and oxygen atoms in total. The van der Waals surface area contributed by atoms with Gasteiger partial charge in [0.2, 0.25) is 5.88 Å². The zero-order valence-electron chi connectivity index (χ0n) is 10.4. The van der Waals surface area contributed by atoms with Crippen LogP contribution in [0.15, 0.2) is 6.07 Å². The van der Waals surface area contributed by atoms with Crippen molar-refractivity contribution >= 4 is 5.82 Å². The van der Waals surface area contributed by atoms with Gasteiger partial charge < -0.3 is 20.5 Å². The molecule has 96 valence electrons. The van der Waals surface area contributed by atoms with Gasteiger partial charge in [0.1, 0.15) is 18.2 Å². The molecule has 0 atom stereocenters. The molecular formula is C11H20N4O2. The molecule has 0 unspecified atom stereocenters. The van der Waals surface area contributed by atoms with E-state index in [1.165, 1.54) is 0 Å². The van der Waals surface area contributed by atoms with Crippen molar-refractivity contribution in [3.63, 3.8) is 0 Å². The standard InChI is InChI=1S/C11H20N4O2/c1-9-14-10(13-5-3-6-16-2)8-11(15-9)17-7-4-12/h8H,3-7,12H2,1-2H3,(H,13,14,15). The normalized spacial score (nSPS) is 10.3. The van der Waals surface area contributed by atoms with Crippen LogP contribution in [0.3, 0.4) is 0 Å². The number of aromatic nitrogens is 2. The minimum atomic E-state index is 0.458. The Morgan fingerprint density at radius 3 is 2.88 bits per heavy atom. The summed E-state index contributed by atoms with van der Waals surface area (Å²) in [6.07, 6.45) is 0.929. The SMILES string of the molecule is COCCCNc1cc(OCCN)nc(C)n1. The highest BCUT2D eigenvalue weighted by Crippen LogP contribution is 2.12. The third kappa shape index (κ3) is 5.46. The molecule has 0 spiro atoms. The fourth-order valence-corrected chi connectivity index (χ4v) is 1.30. The summed E-state index contributed by atoms with van der Waals surface area (Å²) < 4.78 is 10.3. The molecule has 6 heteroatoms. The maximum absolute atomic E-state index is 5.37. The maximum atomic E-state index is 5.37. The molecule has 17 heavy (non-hydrogen) atoms. The van der Waals surface area contributed by atoms with Crippen molar-refractivity contribution in [3.8, 4) is 5.88 Å². The van der Waals surface area contributed by atoms with Crippen LogP contribution in [0, 0.1) is 6.92 Å². The average Bonchev–Trinajstić information content (AvgIpc) is 2.31. The number of aryl methyl sites for hydroxylation is 1. The van der Waals surface area contributed by atoms with Crippen molar-refractivity contribution in [3.05, 3.63) is 11.9 Å². The van der Waals surface area contributed by atoms with E-state index < -0.39 is 0 Å². The van der Waals surface area contributed by atoms with Gasteiger partial charge in [0.15, 0.2) is 0 Å². The lowest BCUT2D eigenvalue weighted by Crippen LogP contribution is -2.12. The number of hydrogen-bond donors (Lipinski definition) is 2. The van der Waals surface area contributed by atoms with Crippen molar-refractivity contribution in [1.29, 1.82) is 0 Å². The summed E-state index contributed by atoms with van der Waals surface area (Å²) in [5.74, 6) is 1.99. The number of nitrogens with one attached hydrogen (secondary N) is 1. The predicted octanol–water partition coefficient (Wildman–Crippen LogP) is 0.571. The van der Waals surface area contributed by atoms with E-state index in [1.807, 2.05) is 6.92 Å².